The average Bonchev–Trinajstić information content (AvgIpc) is 3.00. The SMILES string of the molecule is CCOCCCNC(=NC)NCCCn1ccc2ccccc21.I. The second-order valence-corrected chi connectivity index (χ2v) is 5.40. The summed E-state index contributed by atoms with van der Waals surface area (Å²) in [5, 5.41) is 7.96. The monoisotopic (exact) mass is 444 g/mol. The molecule has 0 radical (unpaired) electrons. The Balaban J connectivity index is 0.00000288. The van der Waals surface area contributed by atoms with Crippen molar-refractivity contribution >= 4 is 40.8 Å². The summed E-state index contributed by atoms with van der Waals surface area (Å²) < 4.78 is 7.62. The molecular formula is C18H29IN4O. The first-order valence-electron chi connectivity index (χ1n) is 8.41. The predicted molar refractivity (Wildman–Crippen MR) is 112 cm³/mol. The summed E-state index contributed by atoms with van der Waals surface area (Å²) in [6.07, 6.45) is 4.20. The van der Waals surface area contributed by atoms with E-state index in [1.165, 1.54) is 10.9 Å². The van der Waals surface area contributed by atoms with Crippen molar-refractivity contribution < 1.29 is 4.74 Å². The van der Waals surface area contributed by atoms with Crippen LogP contribution < -0.4 is 10.6 Å². The van der Waals surface area contributed by atoms with Gasteiger partial charge in [-0.05, 0) is 37.3 Å². The molecule has 0 fully saturated rings. The molecule has 1 aromatic heterocycles. The molecule has 2 aromatic rings. The summed E-state index contributed by atoms with van der Waals surface area (Å²) in [7, 11) is 1.80. The fraction of sp³-hybridized carbons (Fsp3) is 0.500. The van der Waals surface area contributed by atoms with E-state index < -0.39 is 0 Å². The molecule has 24 heavy (non-hydrogen) atoms. The van der Waals surface area contributed by atoms with E-state index in [2.05, 4.69) is 56.7 Å². The average molecular weight is 444 g/mol. The van der Waals surface area contributed by atoms with Gasteiger partial charge in [-0.15, -0.1) is 24.0 Å². The zero-order valence-electron chi connectivity index (χ0n) is 14.6. The van der Waals surface area contributed by atoms with Gasteiger partial charge < -0.3 is 19.9 Å². The molecule has 0 spiro atoms. The van der Waals surface area contributed by atoms with Gasteiger partial charge in [0.05, 0.1) is 0 Å². The number of aliphatic imine (C=N–C) groups is 1. The number of hydrogen-bond donors (Lipinski definition) is 2. The van der Waals surface area contributed by atoms with E-state index in [1.807, 2.05) is 6.92 Å². The molecule has 6 heteroatoms. The van der Waals surface area contributed by atoms with Crippen molar-refractivity contribution in [3.8, 4) is 0 Å². The van der Waals surface area contributed by atoms with Gasteiger partial charge in [-0.2, -0.15) is 0 Å². The van der Waals surface area contributed by atoms with Crippen LogP contribution in [0.2, 0.25) is 0 Å². The molecule has 0 unspecified atom stereocenters. The minimum absolute atomic E-state index is 0. The highest BCUT2D eigenvalue weighted by Gasteiger charge is 2.00. The molecular weight excluding hydrogens is 415 g/mol. The van der Waals surface area contributed by atoms with Gasteiger partial charge >= 0.3 is 0 Å². The number of rotatable bonds is 9. The van der Waals surface area contributed by atoms with Crippen LogP contribution in [0.1, 0.15) is 19.8 Å². The largest absolute Gasteiger partial charge is 0.382 e. The number of benzene rings is 1. The van der Waals surface area contributed by atoms with Crippen LogP contribution in [0.4, 0.5) is 0 Å². The minimum atomic E-state index is 0. The van der Waals surface area contributed by atoms with E-state index in [9.17, 15) is 0 Å². The van der Waals surface area contributed by atoms with Crippen LogP contribution in [-0.2, 0) is 11.3 Å². The Kier molecular flexibility index (Phi) is 10.5. The highest BCUT2D eigenvalue weighted by molar-refractivity contribution is 14.0. The zero-order chi connectivity index (χ0) is 16.3. The molecule has 0 saturated carbocycles. The zero-order valence-corrected chi connectivity index (χ0v) is 17.0. The lowest BCUT2D eigenvalue weighted by Crippen LogP contribution is -2.38. The van der Waals surface area contributed by atoms with Crippen LogP contribution in [0.5, 0.6) is 0 Å². The summed E-state index contributed by atoms with van der Waals surface area (Å²) in [5.74, 6) is 0.860. The fourth-order valence-electron chi connectivity index (χ4n) is 2.54. The number of para-hydroxylation sites is 1. The maximum absolute atomic E-state index is 5.32. The third kappa shape index (κ3) is 6.68. The van der Waals surface area contributed by atoms with Crippen molar-refractivity contribution in [3.05, 3.63) is 36.5 Å². The van der Waals surface area contributed by atoms with Crippen LogP contribution in [-0.4, -0.2) is 43.9 Å². The fourth-order valence-corrected chi connectivity index (χ4v) is 2.54. The van der Waals surface area contributed by atoms with Crippen molar-refractivity contribution in [2.75, 3.05) is 33.4 Å². The van der Waals surface area contributed by atoms with Gasteiger partial charge in [-0.25, -0.2) is 0 Å². The van der Waals surface area contributed by atoms with Crippen molar-refractivity contribution in [1.29, 1.82) is 0 Å². The van der Waals surface area contributed by atoms with Gasteiger partial charge in [-0.1, -0.05) is 18.2 Å². The van der Waals surface area contributed by atoms with Gasteiger partial charge in [0.15, 0.2) is 5.96 Å². The van der Waals surface area contributed by atoms with Crippen molar-refractivity contribution in [2.24, 2.45) is 4.99 Å². The number of halogens is 1. The lowest BCUT2D eigenvalue weighted by atomic mass is 10.2. The molecule has 0 bridgehead atoms. The molecule has 0 atom stereocenters. The van der Waals surface area contributed by atoms with Gasteiger partial charge in [0, 0.05) is 51.6 Å². The van der Waals surface area contributed by atoms with Crippen LogP contribution in [0.3, 0.4) is 0 Å². The molecule has 0 amide bonds. The van der Waals surface area contributed by atoms with E-state index >= 15 is 0 Å². The van der Waals surface area contributed by atoms with Gasteiger partial charge in [-0.3, -0.25) is 4.99 Å². The van der Waals surface area contributed by atoms with Gasteiger partial charge in [0.1, 0.15) is 0 Å². The number of fused-ring (bicyclic) bond motifs is 1. The predicted octanol–water partition coefficient (Wildman–Crippen LogP) is 3.24. The second kappa shape index (κ2) is 12.1. The quantitative estimate of drug-likeness (QED) is 0.270. The van der Waals surface area contributed by atoms with E-state index in [1.54, 1.807) is 7.05 Å². The van der Waals surface area contributed by atoms with Crippen molar-refractivity contribution in [3.63, 3.8) is 0 Å². The van der Waals surface area contributed by atoms with Crippen molar-refractivity contribution in [2.45, 2.75) is 26.3 Å². The highest BCUT2D eigenvalue weighted by atomic mass is 127. The summed E-state index contributed by atoms with van der Waals surface area (Å²) in [6.45, 7) is 6.37. The Labute approximate surface area is 161 Å². The third-order valence-corrected chi connectivity index (χ3v) is 3.73. The maximum atomic E-state index is 5.32. The van der Waals surface area contributed by atoms with Crippen LogP contribution in [0, 0.1) is 0 Å². The second-order valence-electron chi connectivity index (χ2n) is 5.40. The lowest BCUT2D eigenvalue weighted by molar-refractivity contribution is 0.145. The third-order valence-electron chi connectivity index (χ3n) is 3.73. The number of ether oxygens (including phenoxy) is 1. The summed E-state index contributed by atoms with van der Waals surface area (Å²) >= 11 is 0. The molecule has 0 aliphatic rings. The topological polar surface area (TPSA) is 50.6 Å². The minimum Gasteiger partial charge on any atom is -0.382 e. The van der Waals surface area contributed by atoms with Crippen LogP contribution >= 0.6 is 24.0 Å². The Morgan fingerprint density at radius 2 is 1.88 bits per heavy atom. The number of aryl methyl sites for hydroxylation is 1. The number of nitrogens with zero attached hydrogens (tertiary/aromatic N) is 2. The molecule has 1 heterocycles. The molecule has 5 nitrogen and oxygen atoms in total. The summed E-state index contributed by atoms with van der Waals surface area (Å²) in [6, 6.07) is 10.7. The first-order chi connectivity index (χ1) is 11.3. The number of aromatic nitrogens is 1. The Bertz CT molecular complexity index is 612. The first kappa shape index (κ1) is 20.8. The molecule has 2 N–H and O–H groups in total. The van der Waals surface area contributed by atoms with E-state index in [4.69, 9.17) is 4.74 Å². The molecule has 1 aromatic carbocycles. The highest BCUT2D eigenvalue weighted by Crippen LogP contribution is 2.15. The summed E-state index contributed by atoms with van der Waals surface area (Å²) in [4.78, 5) is 4.24. The molecule has 134 valence electrons. The van der Waals surface area contributed by atoms with Gasteiger partial charge in [0.2, 0.25) is 0 Å². The summed E-state index contributed by atoms with van der Waals surface area (Å²) in [5.41, 5.74) is 1.30. The molecule has 0 saturated heterocycles. The standard InChI is InChI=1S/C18H28N4O.HI/c1-3-23-15-7-12-21-18(19-2)20-11-6-13-22-14-10-16-8-4-5-9-17(16)22;/h4-5,8-10,14H,3,6-7,11-13,15H2,1-2H3,(H2,19,20,21);1H. The molecule has 0 aliphatic heterocycles. The van der Waals surface area contributed by atoms with Gasteiger partial charge in [0.25, 0.3) is 0 Å². The number of guanidine groups is 1. The van der Waals surface area contributed by atoms with E-state index in [0.717, 1.165) is 51.6 Å². The Morgan fingerprint density at radius 1 is 1.12 bits per heavy atom. The Hall–Kier alpha value is -1.28. The normalized spacial score (nSPS) is 11.3. The molecule has 0 aliphatic carbocycles. The van der Waals surface area contributed by atoms with Crippen LogP contribution in [0.25, 0.3) is 10.9 Å². The number of nitrogens with one attached hydrogen (secondary N) is 2. The van der Waals surface area contributed by atoms with Crippen LogP contribution in [0.15, 0.2) is 41.5 Å². The Morgan fingerprint density at radius 3 is 2.62 bits per heavy atom. The number of hydrogen-bond acceptors (Lipinski definition) is 2. The van der Waals surface area contributed by atoms with E-state index in [-0.39, 0.29) is 24.0 Å². The lowest BCUT2D eigenvalue weighted by Gasteiger charge is -2.12. The smallest absolute Gasteiger partial charge is 0.190 e. The first-order valence-corrected chi connectivity index (χ1v) is 8.41. The maximum Gasteiger partial charge on any atom is 0.190 e. The van der Waals surface area contributed by atoms with Crippen molar-refractivity contribution in [1.82, 2.24) is 15.2 Å². The molecule has 2 rings (SSSR count). The van der Waals surface area contributed by atoms with E-state index in [0.29, 0.717) is 0 Å².